The van der Waals surface area contributed by atoms with Crippen molar-refractivity contribution in [1.29, 1.82) is 0 Å². The van der Waals surface area contributed by atoms with Crippen LogP contribution in [-0.4, -0.2) is 140 Å². The van der Waals surface area contributed by atoms with Gasteiger partial charge < -0.3 is 65.1 Å². The molecule has 12 unspecified atom stereocenters. The van der Waals surface area contributed by atoms with E-state index in [1.165, 1.54) is 154 Å². The lowest BCUT2D eigenvalue weighted by atomic mass is 9.97. The number of nitrogens with one attached hydrogen (secondary N) is 1. The number of unbranched alkanes of at least 4 members (excludes halogenated alkanes) is 33. The number of allylic oxidation sites excluding steroid dienone is 16. The lowest BCUT2D eigenvalue weighted by molar-refractivity contribution is -0.359. The Labute approximate surface area is 566 Å². The fourth-order valence-electron chi connectivity index (χ4n) is 12.1. The second-order valence-electron chi connectivity index (χ2n) is 26.4. The van der Waals surface area contributed by atoms with Crippen molar-refractivity contribution in [2.45, 2.75) is 376 Å². The average Bonchev–Trinajstić information content (AvgIpc) is 0.851. The van der Waals surface area contributed by atoms with Crippen LogP contribution in [0.3, 0.4) is 0 Å². The topological polar surface area (TPSA) is 228 Å². The van der Waals surface area contributed by atoms with Crippen LogP contribution in [0.1, 0.15) is 303 Å². The number of rotatable bonds is 62. The molecular weight excluding hydrogens is 1170 g/mol. The van der Waals surface area contributed by atoms with E-state index >= 15 is 0 Å². The molecule has 14 heteroatoms. The van der Waals surface area contributed by atoms with E-state index in [9.17, 15) is 45.6 Å². The second-order valence-corrected chi connectivity index (χ2v) is 26.4. The van der Waals surface area contributed by atoms with Crippen molar-refractivity contribution in [1.82, 2.24) is 5.32 Å². The Balaban J connectivity index is 1.66. The molecule has 2 rings (SSSR count). The molecular formula is C79H139NO13. The number of ether oxygens (including phenoxy) is 4. The van der Waals surface area contributed by atoms with Gasteiger partial charge in [0.2, 0.25) is 5.91 Å². The maximum atomic E-state index is 13.4. The van der Waals surface area contributed by atoms with Crippen LogP contribution >= 0.6 is 0 Å². The number of carbonyl (C=O) groups excluding carboxylic acids is 1. The lowest BCUT2D eigenvalue weighted by Crippen LogP contribution is -2.65. The fraction of sp³-hybridized carbons (Fsp3) is 0.785. The van der Waals surface area contributed by atoms with E-state index in [0.29, 0.717) is 12.8 Å². The van der Waals surface area contributed by atoms with Crippen LogP contribution < -0.4 is 5.32 Å². The predicted octanol–water partition coefficient (Wildman–Crippen LogP) is 16.5. The van der Waals surface area contributed by atoms with Gasteiger partial charge >= 0.3 is 0 Å². The van der Waals surface area contributed by atoms with E-state index in [1.54, 1.807) is 0 Å². The van der Waals surface area contributed by atoms with Crippen molar-refractivity contribution < 1.29 is 64.6 Å². The average molecular weight is 1310 g/mol. The zero-order chi connectivity index (χ0) is 67.3. The van der Waals surface area contributed by atoms with Gasteiger partial charge in [0.05, 0.1) is 32.0 Å². The number of aliphatic hydroxyl groups is 8. The largest absolute Gasteiger partial charge is 0.394 e. The first kappa shape index (κ1) is 86.0. The summed E-state index contributed by atoms with van der Waals surface area (Å²) in [7, 11) is 0. The molecule has 2 fully saturated rings. The molecule has 1 amide bonds. The fourth-order valence-corrected chi connectivity index (χ4v) is 12.1. The Morgan fingerprint density at radius 1 is 0.398 bits per heavy atom. The molecule has 9 N–H and O–H groups in total. The molecule has 0 spiro atoms. The first-order chi connectivity index (χ1) is 45.6. The summed E-state index contributed by atoms with van der Waals surface area (Å²) in [4.78, 5) is 13.4. The molecule has 12 atom stereocenters. The molecule has 2 aliphatic rings. The Kier molecular flexibility index (Phi) is 57.7. The second kappa shape index (κ2) is 62.4. The van der Waals surface area contributed by atoms with Gasteiger partial charge in [0.25, 0.3) is 0 Å². The molecule has 14 nitrogen and oxygen atoms in total. The molecule has 93 heavy (non-hydrogen) atoms. The van der Waals surface area contributed by atoms with Crippen molar-refractivity contribution in [3.8, 4) is 0 Å². The summed E-state index contributed by atoms with van der Waals surface area (Å²) in [5.74, 6) is -0.221. The zero-order valence-corrected chi connectivity index (χ0v) is 58.7. The normalized spacial score (nSPS) is 23.1. The minimum Gasteiger partial charge on any atom is -0.394 e. The van der Waals surface area contributed by atoms with Gasteiger partial charge in [0.15, 0.2) is 12.6 Å². The number of carbonyl (C=O) groups is 1. The van der Waals surface area contributed by atoms with Gasteiger partial charge in [-0.3, -0.25) is 4.79 Å². The molecule has 538 valence electrons. The van der Waals surface area contributed by atoms with E-state index in [0.717, 1.165) is 116 Å². The highest BCUT2D eigenvalue weighted by Gasteiger charge is 2.51. The van der Waals surface area contributed by atoms with Gasteiger partial charge in [-0.2, -0.15) is 0 Å². The molecule has 0 aromatic heterocycles. The lowest BCUT2D eigenvalue weighted by Gasteiger charge is -2.46. The third-order valence-electron chi connectivity index (χ3n) is 18.1. The van der Waals surface area contributed by atoms with Gasteiger partial charge in [-0.05, 0) is 77.0 Å². The molecule has 0 bridgehead atoms. The van der Waals surface area contributed by atoms with Gasteiger partial charge in [-0.15, -0.1) is 0 Å². The molecule has 0 saturated carbocycles. The van der Waals surface area contributed by atoms with Crippen LogP contribution in [0.2, 0.25) is 0 Å². The van der Waals surface area contributed by atoms with Crippen molar-refractivity contribution >= 4 is 5.91 Å². The molecule has 0 aromatic carbocycles. The third kappa shape index (κ3) is 45.9. The molecule has 0 aromatic rings. The van der Waals surface area contributed by atoms with Crippen molar-refractivity contribution in [2.75, 3.05) is 19.8 Å². The smallest absolute Gasteiger partial charge is 0.220 e. The maximum Gasteiger partial charge on any atom is 0.220 e. The van der Waals surface area contributed by atoms with Gasteiger partial charge in [0, 0.05) is 6.42 Å². The Hall–Kier alpha value is -3.09. The molecule has 2 saturated heterocycles. The zero-order valence-electron chi connectivity index (χ0n) is 58.7. The van der Waals surface area contributed by atoms with Crippen LogP contribution in [0.5, 0.6) is 0 Å². The minimum absolute atomic E-state index is 0.221. The molecule has 2 heterocycles. The summed E-state index contributed by atoms with van der Waals surface area (Å²) in [5, 5.41) is 87.8. The third-order valence-corrected chi connectivity index (χ3v) is 18.1. The summed E-state index contributed by atoms with van der Waals surface area (Å²) >= 11 is 0. The van der Waals surface area contributed by atoms with Gasteiger partial charge in [-0.25, -0.2) is 0 Å². The molecule has 0 aliphatic carbocycles. The van der Waals surface area contributed by atoms with Crippen LogP contribution in [-0.2, 0) is 23.7 Å². The van der Waals surface area contributed by atoms with E-state index < -0.39 is 86.8 Å². The standard InChI is InChI=1S/C79H139NO13/c1-3-5-7-9-11-13-15-17-19-21-23-25-27-29-31-33-34-35-37-39-41-43-45-47-49-51-53-55-57-59-61-63-71(84)80-67(66-90-78-76(89)74(87)77(70(65-82)92-78)93-79-75(88)73(86)72(85)69(64-81)91-79)68(83)62-60-58-56-54-52-50-48-46-44-42-40-38-36-32-30-28-26-24-22-20-18-16-14-12-10-8-6-4-2/h5,7,11,13,17,19,23,25,29,31,34-35,39,41,45,47,67-70,72-79,81-83,85-89H,3-4,6,8-10,12,14-16,18,20-22,24,26-28,30,32-33,36-38,40,42-44,46,48-66H2,1-2H3,(H,80,84)/b7-5-,13-11-,19-17-,25-23-,31-29-,35-34-,41-39-,47-45-. The summed E-state index contributed by atoms with van der Waals surface area (Å²) < 4.78 is 22.9. The SMILES string of the molecule is CC/C=C\C/C=C\C/C=C\C/C=C\C/C=C\C/C=C\C/C=C\C/C=C\CCCCCCCCC(=O)NC(COC1OC(CO)C(OC2OC(CO)C(O)C(O)C2O)C(O)C1O)C(O)CCCCCCCCCCCCCCCCCCCCCCCCCCCCCC. The van der Waals surface area contributed by atoms with Crippen LogP contribution in [0.15, 0.2) is 97.2 Å². The quantitative estimate of drug-likeness (QED) is 0.0204. The summed E-state index contributed by atoms with van der Waals surface area (Å²) in [5.41, 5.74) is 0. The highest BCUT2D eigenvalue weighted by molar-refractivity contribution is 5.76. The van der Waals surface area contributed by atoms with E-state index in [-0.39, 0.29) is 18.9 Å². The van der Waals surface area contributed by atoms with Crippen LogP contribution in [0.4, 0.5) is 0 Å². The monoisotopic (exact) mass is 1310 g/mol. The minimum atomic E-state index is -1.79. The van der Waals surface area contributed by atoms with Crippen molar-refractivity contribution in [3.63, 3.8) is 0 Å². The number of aliphatic hydroxyl groups excluding tert-OH is 8. The highest BCUT2D eigenvalue weighted by atomic mass is 16.7. The maximum absolute atomic E-state index is 13.4. The first-order valence-corrected chi connectivity index (χ1v) is 38.0. The molecule has 2 aliphatic heterocycles. The molecule has 0 radical (unpaired) electrons. The Bertz CT molecular complexity index is 1930. The van der Waals surface area contributed by atoms with E-state index in [1.807, 2.05) is 0 Å². The van der Waals surface area contributed by atoms with Crippen molar-refractivity contribution in [3.05, 3.63) is 97.2 Å². The summed E-state index contributed by atoms with van der Waals surface area (Å²) in [6.07, 6.45) is 71.4. The highest BCUT2D eigenvalue weighted by Crippen LogP contribution is 2.30. The Morgan fingerprint density at radius 2 is 0.742 bits per heavy atom. The van der Waals surface area contributed by atoms with Gasteiger partial charge in [0.1, 0.15) is 48.8 Å². The number of amides is 1. The van der Waals surface area contributed by atoms with Crippen LogP contribution in [0, 0.1) is 0 Å². The predicted molar refractivity (Wildman–Crippen MR) is 383 cm³/mol. The Morgan fingerprint density at radius 3 is 1.14 bits per heavy atom. The van der Waals surface area contributed by atoms with Crippen molar-refractivity contribution in [2.24, 2.45) is 0 Å². The number of hydrogen-bond acceptors (Lipinski definition) is 13. The van der Waals surface area contributed by atoms with Crippen LogP contribution in [0.25, 0.3) is 0 Å². The first-order valence-electron chi connectivity index (χ1n) is 38.0. The van der Waals surface area contributed by atoms with E-state index in [2.05, 4.69) is 116 Å². The van der Waals surface area contributed by atoms with Gasteiger partial charge in [-0.1, -0.05) is 317 Å². The number of hydrogen-bond donors (Lipinski definition) is 9. The summed E-state index contributed by atoms with van der Waals surface area (Å²) in [6, 6.07) is -0.846. The van der Waals surface area contributed by atoms with E-state index in [4.69, 9.17) is 18.9 Å². The summed E-state index contributed by atoms with van der Waals surface area (Å²) in [6.45, 7) is 2.77.